The standard InChI is InChI=1S/C14H15FN2O2S/c1-3-16-12-5-4-10(15)8-11(12)14(13(16)19)17(9(2)18)6-7-20-14/h4-5,8H,3,6-7H2,1-2H3. The molecule has 0 N–H and O–H groups in total. The smallest absolute Gasteiger partial charge is 0.268 e. The number of anilines is 1. The largest absolute Gasteiger partial charge is 0.315 e. The van der Waals surface area contributed by atoms with Crippen molar-refractivity contribution in [3.63, 3.8) is 0 Å². The van der Waals surface area contributed by atoms with Crippen LogP contribution in [0.1, 0.15) is 19.4 Å². The Morgan fingerprint density at radius 3 is 2.90 bits per heavy atom. The van der Waals surface area contributed by atoms with Crippen LogP contribution >= 0.6 is 11.8 Å². The van der Waals surface area contributed by atoms with Gasteiger partial charge in [0.15, 0.2) is 4.87 Å². The van der Waals surface area contributed by atoms with Crippen LogP contribution in [0.2, 0.25) is 0 Å². The summed E-state index contributed by atoms with van der Waals surface area (Å²) >= 11 is 1.41. The van der Waals surface area contributed by atoms with Crippen molar-refractivity contribution < 1.29 is 14.0 Å². The lowest BCUT2D eigenvalue weighted by Crippen LogP contribution is -2.49. The molecule has 0 radical (unpaired) electrons. The summed E-state index contributed by atoms with van der Waals surface area (Å²) in [6.07, 6.45) is 0. The van der Waals surface area contributed by atoms with Crippen molar-refractivity contribution in [2.45, 2.75) is 18.7 Å². The number of halogens is 1. The molecule has 0 bridgehead atoms. The molecule has 1 aromatic rings. The summed E-state index contributed by atoms with van der Waals surface area (Å²) in [7, 11) is 0. The third kappa shape index (κ3) is 1.54. The van der Waals surface area contributed by atoms with Crippen molar-refractivity contribution >= 4 is 29.3 Å². The molecule has 1 atom stereocenters. The third-order valence-corrected chi connectivity index (χ3v) is 5.27. The van der Waals surface area contributed by atoms with E-state index >= 15 is 0 Å². The summed E-state index contributed by atoms with van der Waals surface area (Å²) in [6.45, 7) is 4.35. The van der Waals surface area contributed by atoms with Crippen molar-refractivity contribution in [2.75, 3.05) is 23.7 Å². The molecule has 1 saturated heterocycles. The summed E-state index contributed by atoms with van der Waals surface area (Å²) in [5.74, 6) is -0.00145. The third-order valence-electron chi connectivity index (χ3n) is 3.85. The van der Waals surface area contributed by atoms with E-state index in [2.05, 4.69) is 0 Å². The molecule has 20 heavy (non-hydrogen) atoms. The first kappa shape index (κ1) is 13.4. The van der Waals surface area contributed by atoms with E-state index in [-0.39, 0.29) is 17.6 Å². The SMILES string of the molecule is CCN1C(=O)C2(SCCN2C(C)=O)c2cc(F)ccc21. The van der Waals surface area contributed by atoms with Gasteiger partial charge >= 0.3 is 0 Å². The average Bonchev–Trinajstić information content (AvgIpc) is 2.94. The molecule has 106 valence electrons. The molecule has 3 rings (SSSR count). The minimum atomic E-state index is -1.07. The van der Waals surface area contributed by atoms with Crippen LogP contribution in [-0.2, 0) is 14.5 Å². The number of thioether (sulfide) groups is 1. The van der Waals surface area contributed by atoms with Crippen molar-refractivity contribution in [3.05, 3.63) is 29.6 Å². The second-order valence-corrected chi connectivity index (χ2v) is 6.16. The summed E-state index contributed by atoms with van der Waals surface area (Å²) in [4.78, 5) is 26.8. The first-order valence-corrected chi connectivity index (χ1v) is 7.55. The van der Waals surface area contributed by atoms with Gasteiger partial charge in [-0.3, -0.25) is 9.59 Å². The van der Waals surface area contributed by atoms with Gasteiger partial charge in [-0.15, -0.1) is 11.8 Å². The summed E-state index contributed by atoms with van der Waals surface area (Å²) in [5, 5.41) is 0. The molecule has 0 saturated carbocycles. The van der Waals surface area contributed by atoms with Crippen LogP contribution in [0.3, 0.4) is 0 Å². The number of fused-ring (bicyclic) bond motifs is 2. The number of carbonyl (C=O) groups excluding carboxylic acids is 2. The Bertz CT molecular complexity index is 607. The number of rotatable bonds is 1. The molecular formula is C14H15FN2O2S. The minimum absolute atomic E-state index is 0.140. The summed E-state index contributed by atoms with van der Waals surface area (Å²) < 4.78 is 13.6. The summed E-state index contributed by atoms with van der Waals surface area (Å²) in [5.41, 5.74) is 1.31. The molecule has 2 amide bonds. The highest BCUT2D eigenvalue weighted by Crippen LogP contribution is 2.54. The van der Waals surface area contributed by atoms with Crippen LogP contribution in [0, 0.1) is 5.82 Å². The predicted molar refractivity (Wildman–Crippen MR) is 76.0 cm³/mol. The molecule has 1 fully saturated rings. The van der Waals surface area contributed by atoms with E-state index in [4.69, 9.17) is 0 Å². The highest BCUT2D eigenvalue weighted by atomic mass is 32.2. The highest BCUT2D eigenvalue weighted by Gasteiger charge is 2.58. The molecule has 1 spiro atoms. The Morgan fingerprint density at radius 1 is 1.50 bits per heavy atom. The van der Waals surface area contributed by atoms with Crippen LogP contribution in [0.15, 0.2) is 18.2 Å². The molecule has 1 unspecified atom stereocenters. The second kappa shape index (κ2) is 4.48. The lowest BCUT2D eigenvalue weighted by Gasteiger charge is -2.32. The lowest BCUT2D eigenvalue weighted by atomic mass is 10.1. The number of benzene rings is 1. The Morgan fingerprint density at radius 2 is 2.25 bits per heavy atom. The van der Waals surface area contributed by atoms with Crippen molar-refractivity contribution in [1.82, 2.24) is 4.90 Å². The van der Waals surface area contributed by atoms with Gasteiger partial charge in [-0.1, -0.05) is 0 Å². The van der Waals surface area contributed by atoms with Crippen LogP contribution in [-0.4, -0.2) is 35.6 Å². The molecule has 6 heteroatoms. The fraction of sp³-hybridized carbons (Fsp3) is 0.429. The molecule has 2 heterocycles. The van der Waals surface area contributed by atoms with E-state index in [9.17, 15) is 14.0 Å². The molecular weight excluding hydrogens is 279 g/mol. The normalized spacial score (nSPS) is 24.6. The van der Waals surface area contributed by atoms with Crippen LogP contribution in [0.4, 0.5) is 10.1 Å². The number of hydrogen-bond acceptors (Lipinski definition) is 3. The fourth-order valence-corrected chi connectivity index (χ4v) is 4.53. The number of hydrogen-bond donors (Lipinski definition) is 0. The van der Waals surface area contributed by atoms with Gasteiger partial charge in [-0.25, -0.2) is 4.39 Å². The van der Waals surface area contributed by atoms with E-state index in [1.54, 1.807) is 15.9 Å². The zero-order valence-electron chi connectivity index (χ0n) is 11.4. The maximum absolute atomic E-state index is 13.6. The number of carbonyl (C=O) groups is 2. The quantitative estimate of drug-likeness (QED) is 0.795. The van der Waals surface area contributed by atoms with Gasteiger partial charge in [-0.2, -0.15) is 0 Å². The average molecular weight is 294 g/mol. The van der Waals surface area contributed by atoms with Gasteiger partial charge in [0.1, 0.15) is 5.82 Å². The zero-order chi connectivity index (χ0) is 14.5. The van der Waals surface area contributed by atoms with E-state index in [1.807, 2.05) is 6.92 Å². The van der Waals surface area contributed by atoms with Crippen molar-refractivity contribution in [3.8, 4) is 0 Å². The molecule has 1 aromatic carbocycles. The van der Waals surface area contributed by atoms with Crippen molar-refractivity contribution in [2.24, 2.45) is 0 Å². The first-order valence-electron chi connectivity index (χ1n) is 6.56. The lowest BCUT2D eigenvalue weighted by molar-refractivity contribution is -0.138. The van der Waals surface area contributed by atoms with Crippen LogP contribution in [0.25, 0.3) is 0 Å². The second-order valence-electron chi connectivity index (χ2n) is 4.87. The van der Waals surface area contributed by atoms with E-state index in [1.165, 1.54) is 30.8 Å². The molecule has 0 aliphatic carbocycles. The zero-order valence-corrected chi connectivity index (χ0v) is 12.2. The maximum atomic E-state index is 13.6. The molecule has 2 aliphatic rings. The van der Waals surface area contributed by atoms with Gasteiger partial charge in [0, 0.05) is 31.3 Å². The van der Waals surface area contributed by atoms with Gasteiger partial charge in [0.05, 0.1) is 5.69 Å². The maximum Gasteiger partial charge on any atom is 0.268 e. The highest BCUT2D eigenvalue weighted by molar-refractivity contribution is 8.01. The number of amides is 2. The van der Waals surface area contributed by atoms with Crippen LogP contribution < -0.4 is 4.90 Å². The Labute approximate surface area is 120 Å². The van der Waals surface area contributed by atoms with Gasteiger partial charge in [-0.05, 0) is 25.1 Å². The van der Waals surface area contributed by atoms with Gasteiger partial charge in [0.2, 0.25) is 5.91 Å². The van der Waals surface area contributed by atoms with Crippen molar-refractivity contribution in [1.29, 1.82) is 0 Å². The minimum Gasteiger partial charge on any atom is -0.315 e. The van der Waals surface area contributed by atoms with Crippen LogP contribution in [0.5, 0.6) is 0 Å². The Kier molecular flexibility index (Phi) is 3.01. The monoisotopic (exact) mass is 294 g/mol. The number of nitrogens with zero attached hydrogens (tertiary/aromatic N) is 2. The molecule has 4 nitrogen and oxygen atoms in total. The molecule has 2 aliphatic heterocycles. The Balaban J connectivity index is 2.24. The predicted octanol–water partition coefficient (Wildman–Crippen LogP) is 1.94. The van der Waals surface area contributed by atoms with Gasteiger partial charge < -0.3 is 9.80 Å². The first-order chi connectivity index (χ1) is 9.52. The topological polar surface area (TPSA) is 40.6 Å². The van der Waals surface area contributed by atoms with Gasteiger partial charge in [0.25, 0.3) is 5.91 Å². The van der Waals surface area contributed by atoms with E-state index in [0.717, 1.165) is 0 Å². The fourth-order valence-electron chi connectivity index (χ4n) is 3.04. The Hall–Kier alpha value is -1.56. The van der Waals surface area contributed by atoms with E-state index in [0.29, 0.717) is 30.1 Å². The van der Waals surface area contributed by atoms with E-state index < -0.39 is 4.87 Å². The molecule has 0 aromatic heterocycles. The number of likely N-dealkylation sites (N-methyl/N-ethyl adjacent to an activating group) is 1. The summed E-state index contributed by atoms with van der Waals surface area (Å²) in [6, 6.07) is 4.36.